The molecule has 13 heavy (non-hydrogen) atoms. The Morgan fingerprint density at radius 2 is 2.31 bits per heavy atom. The third kappa shape index (κ3) is 2.83. The molecule has 0 aliphatic carbocycles. The van der Waals surface area contributed by atoms with E-state index < -0.39 is 6.04 Å². The zero-order valence-corrected chi connectivity index (χ0v) is 7.74. The van der Waals surface area contributed by atoms with Crippen LogP contribution < -0.4 is 11.1 Å². The van der Waals surface area contributed by atoms with Gasteiger partial charge in [-0.25, -0.2) is 4.98 Å². The average molecular weight is 179 g/mol. The molecular weight excluding hydrogens is 166 g/mol. The van der Waals surface area contributed by atoms with Crippen molar-refractivity contribution < 1.29 is 4.79 Å². The molecule has 0 fully saturated rings. The van der Waals surface area contributed by atoms with E-state index in [1.54, 1.807) is 19.2 Å². The molecule has 1 aromatic heterocycles. The van der Waals surface area contributed by atoms with Crippen molar-refractivity contribution in [3.05, 3.63) is 23.9 Å². The van der Waals surface area contributed by atoms with Crippen LogP contribution in [0.25, 0.3) is 0 Å². The maximum Gasteiger partial charge on any atom is 0.242 e. The van der Waals surface area contributed by atoms with Gasteiger partial charge in [0.25, 0.3) is 0 Å². The number of amides is 1. The summed E-state index contributed by atoms with van der Waals surface area (Å²) in [5, 5.41) is 2.59. The lowest BCUT2D eigenvalue weighted by Gasteiger charge is -2.06. The normalized spacial score (nSPS) is 12.2. The summed E-state index contributed by atoms with van der Waals surface area (Å²) in [6.07, 6.45) is 1.69. The lowest BCUT2D eigenvalue weighted by Crippen LogP contribution is -2.32. The molecule has 1 aromatic rings. The minimum Gasteiger partial charge on any atom is -0.320 e. The van der Waals surface area contributed by atoms with E-state index in [0.29, 0.717) is 5.82 Å². The maximum absolute atomic E-state index is 11.1. The highest BCUT2D eigenvalue weighted by molar-refractivity contribution is 5.93. The Hall–Kier alpha value is -1.42. The Bertz CT molecular complexity index is 292. The Kier molecular flexibility index (Phi) is 2.97. The summed E-state index contributed by atoms with van der Waals surface area (Å²) in [6, 6.07) is 3.11. The van der Waals surface area contributed by atoms with E-state index in [-0.39, 0.29) is 5.91 Å². The fourth-order valence-electron chi connectivity index (χ4n) is 0.782. The highest BCUT2D eigenvalue weighted by atomic mass is 16.2. The zero-order chi connectivity index (χ0) is 9.84. The number of rotatable bonds is 2. The van der Waals surface area contributed by atoms with Crippen LogP contribution >= 0.6 is 0 Å². The smallest absolute Gasteiger partial charge is 0.242 e. The van der Waals surface area contributed by atoms with Crippen molar-refractivity contribution in [1.29, 1.82) is 0 Å². The number of nitrogens with one attached hydrogen (secondary N) is 1. The number of anilines is 1. The molecule has 4 nitrogen and oxygen atoms in total. The molecular formula is C9H13N3O. The minimum absolute atomic E-state index is 0.226. The summed E-state index contributed by atoms with van der Waals surface area (Å²) >= 11 is 0. The monoisotopic (exact) mass is 179 g/mol. The number of hydrogen-bond acceptors (Lipinski definition) is 3. The van der Waals surface area contributed by atoms with Crippen LogP contribution in [0.15, 0.2) is 18.3 Å². The first-order chi connectivity index (χ1) is 6.09. The second-order valence-electron chi connectivity index (χ2n) is 3.00. The summed E-state index contributed by atoms with van der Waals surface area (Å²) in [4.78, 5) is 15.1. The standard InChI is InChI=1S/C9H13N3O/c1-6-3-4-8(11-5-6)12-9(13)7(2)10/h3-5,7H,10H2,1-2H3,(H,11,12,13)/t7-/m1/s1. The topological polar surface area (TPSA) is 68.0 Å². The Balaban J connectivity index is 2.65. The van der Waals surface area contributed by atoms with Crippen molar-refractivity contribution >= 4 is 11.7 Å². The van der Waals surface area contributed by atoms with Gasteiger partial charge in [0.05, 0.1) is 6.04 Å². The van der Waals surface area contributed by atoms with Gasteiger partial charge in [-0.15, -0.1) is 0 Å². The Morgan fingerprint density at radius 1 is 1.62 bits per heavy atom. The van der Waals surface area contributed by atoms with Gasteiger partial charge in [-0.3, -0.25) is 4.79 Å². The summed E-state index contributed by atoms with van der Waals surface area (Å²) < 4.78 is 0. The Labute approximate surface area is 77.2 Å². The van der Waals surface area contributed by atoms with Crippen molar-refractivity contribution in [2.45, 2.75) is 19.9 Å². The predicted molar refractivity (Wildman–Crippen MR) is 51.3 cm³/mol. The van der Waals surface area contributed by atoms with Crippen LogP contribution in [0.3, 0.4) is 0 Å². The third-order valence-corrected chi connectivity index (χ3v) is 1.58. The number of pyridine rings is 1. The van der Waals surface area contributed by atoms with E-state index in [9.17, 15) is 4.79 Å². The molecule has 1 heterocycles. The van der Waals surface area contributed by atoms with Gasteiger partial charge in [0, 0.05) is 6.20 Å². The fourth-order valence-corrected chi connectivity index (χ4v) is 0.782. The van der Waals surface area contributed by atoms with E-state index >= 15 is 0 Å². The van der Waals surface area contributed by atoms with Gasteiger partial charge in [-0.05, 0) is 25.5 Å². The van der Waals surface area contributed by atoms with Crippen LogP contribution in [0, 0.1) is 6.92 Å². The van der Waals surface area contributed by atoms with E-state index in [2.05, 4.69) is 10.3 Å². The Morgan fingerprint density at radius 3 is 2.77 bits per heavy atom. The van der Waals surface area contributed by atoms with Gasteiger partial charge in [-0.2, -0.15) is 0 Å². The average Bonchev–Trinajstić information content (AvgIpc) is 2.08. The molecule has 0 bridgehead atoms. The molecule has 0 aliphatic heterocycles. The van der Waals surface area contributed by atoms with Gasteiger partial charge >= 0.3 is 0 Å². The molecule has 1 rings (SSSR count). The van der Waals surface area contributed by atoms with Gasteiger partial charge in [0.1, 0.15) is 5.82 Å². The molecule has 1 amide bonds. The minimum atomic E-state index is -0.511. The van der Waals surface area contributed by atoms with Gasteiger partial charge in [0.2, 0.25) is 5.91 Å². The van der Waals surface area contributed by atoms with Crippen molar-refractivity contribution in [3.63, 3.8) is 0 Å². The maximum atomic E-state index is 11.1. The number of aryl methyl sites for hydroxylation is 1. The van der Waals surface area contributed by atoms with Crippen molar-refractivity contribution in [3.8, 4) is 0 Å². The van der Waals surface area contributed by atoms with Gasteiger partial charge in [-0.1, -0.05) is 6.07 Å². The number of carbonyl (C=O) groups is 1. The lowest BCUT2D eigenvalue weighted by molar-refractivity contribution is -0.117. The van der Waals surface area contributed by atoms with E-state index in [1.165, 1.54) is 0 Å². The molecule has 3 N–H and O–H groups in total. The highest BCUT2D eigenvalue weighted by Crippen LogP contribution is 2.03. The van der Waals surface area contributed by atoms with Gasteiger partial charge < -0.3 is 11.1 Å². The van der Waals surface area contributed by atoms with Crippen LogP contribution in [0.2, 0.25) is 0 Å². The summed E-state index contributed by atoms with van der Waals surface area (Å²) in [5.41, 5.74) is 6.43. The lowest BCUT2D eigenvalue weighted by atomic mass is 10.3. The number of carbonyl (C=O) groups excluding carboxylic acids is 1. The van der Waals surface area contributed by atoms with Crippen molar-refractivity contribution in [1.82, 2.24) is 4.98 Å². The van der Waals surface area contributed by atoms with Crippen molar-refractivity contribution in [2.24, 2.45) is 5.73 Å². The molecule has 0 saturated carbocycles. The molecule has 0 spiro atoms. The highest BCUT2D eigenvalue weighted by Gasteiger charge is 2.07. The quantitative estimate of drug-likeness (QED) is 0.701. The van der Waals surface area contributed by atoms with Crippen LogP contribution in [0.1, 0.15) is 12.5 Å². The molecule has 1 atom stereocenters. The first-order valence-electron chi connectivity index (χ1n) is 4.08. The summed E-state index contributed by atoms with van der Waals surface area (Å²) in [7, 11) is 0. The number of hydrogen-bond donors (Lipinski definition) is 2. The number of nitrogens with two attached hydrogens (primary N) is 1. The van der Waals surface area contributed by atoms with Gasteiger partial charge in [0.15, 0.2) is 0 Å². The molecule has 70 valence electrons. The third-order valence-electron chi connectivity index (χ3n) is 1.58. The molecule has 0 radical (unpaired) electrons. The molecule has 0 aromatic carbocycles. The predicted octanol–water partition coefficient (Wildman–Crippen LogP) is 0.676. The molecule has 4 heteroatoms. The molecule has 0 aliphatic rings. The van der Waals surface area contributed by atoms with E-state index in [0.717, 1.165) is 5.56 Å². The van der Waals surface area contributed by atoms with Crippen LogP contribution in [0.5, 0.6) is 0 Å². The second kappa shape index (κ2) is 4.00. The first-order valence-corrected chi connectivity index (χ1v) is 4.08. The SMILES string of the molecule is Cc1ccc(NC(=O)[C@@H](C)N)nc1. The van der Waals surface area contributed by atoms with Crippen LogP contribution in [0.4, 0.5) is 5.82 Å². The number of nitrogens with zero attached hydrogens (tertiary/aromatic N) is 1. The molecule has 0 saturated heterocycles. The van der Waals surface area contributed by atoms with E-state index in [4.69, 9.17) is 5.73 Å². The first kappa shape index (κ1) is 9.67. The van der Waals surface area contributed by atoms with Crippen LogP contribution in [-0.4, -0.2) is 16.9 Å². The number of aromatic nitrogens is 1. The summed E-state index contributed by atoms with van der Waals surface area (Å²) in [6.45, 7) is 3.56. The zero-order valence-electron chi connectivity index (χ0n) is 7.74. The second-order valence-corrected chi connectivity index (χ2v) is 3.00. The largest absolute Gasteiger partial charge is 0.320 e. The van der Waals surface area contributed by atoms with Crippen molar-refractivity contribution in [2.75, 3.05) is 5.32 Å². The van der Waals surface area contributed by atoms with Crippen LogP contribution in [-0.2, 0) is 4.79 Å². The summed E-state index contributed by atoms with van der Waals surface area (Å²) in [5.74, 6) is 0.309. The van der Waals surface area contributed by atoms with E-state index in [1.807, 2.05) is 13.0 Å². The molecule has 0 unspecified atom stereocenters. The fraction of sp³-hybridized carbons (Fsp3) is 0.333.